The Labute approximate surface area is 114 Å². The van der Waals surface area contributed by atoms with E-state index in [1.54, 1.807) is 0 Å². The van der Waals surface area contributed by atoms with E-state index in [-0.39, 0.29) is 0 Å². The van der Waals surface area contributed by atoms with Gasteiger partial charge in [0, 0.05) is 11.6 Å². The normalized spacial score (nSPS) is 22.9. The smallest absolute Gasteiger partial charge is 0.0155 e. The Bertz CT molecular complexity index is 269. The number of nitrogens with one attached hydrogen (secondary N) is 1. The first kappa shape index (κ1) is 15.5. The molecule has 1 unspecified atom stereocenters. The summed E-state index contributed by atoms with van der Waals surface area (Å²) in [5, 5.41) is 3.88. The van der Waals surface area contributed by atoms with Crippen molar-refractivity contribution < 1.29 is 0 Å². The minimum atomic E-state index is 0.355. The van der Waals surface area contributed by atoms with Crippen molar-refractivity contribution in [3.05, 3.63) is 24.3 Å². The summed E-state index contributed by atoms with van der Waals surface area (Å²) in [7, 11) is 0. The summed E-state index contributed by atoms with van der Waals surface area (Å²) in [5.41, 5.74) is 1.77. The van der Waals surface area contributed by atoms with Gasteiger partial charge in [-0.15, -0.1) is 0 Å². The van der Waals surface area contributed by atoms with Crippen LogP contribution in [0.5, 0.6) is 0 Å². The fraction of sp³-hybridized carbons (Fsp3) is 0.765. The lowest BCUT2D eigenvalue weighted by molar-refractivity contribution is 0.248. The lowest BCUT2D eigenvalue weighted by Crippen LogP contribution is -2.47. The molecule has 1 atom stereocenters. The molecule has 0 aromatic heterocycles. The van der Waals surface area contributed by atoms with Gasteiger partial charge in [-0.1, -0.05) is 56.4 Å². The zero-order valence-electron chi connectivity index (χ0n) is 12.6. The van der Waals surface area contributed by atoms with E-state index in [2.05, 4.69) is 38.7 Å². The molecule has 1 rings (SSSR count). The highest BCUT2D eigenvalue weighted by molar-refractivity contribution is 5.09. The Hall–Kier alpha value is -0.560. The molecule has 1 N–H and O–H groups in total. The van der Waals surface area contributed by atoms with Gasteiger partial charge in [-0.3, -0.25) is 0 Å². The SMILES string of the molecule is C=C/C=C(\C)CC(C)NC1(C)CCCCCCC1. The maximum absolute atomic E-state index is 3.88. The van der Waals surface area contributed by atoms with E-state index in [4.69, 9.17) is 0 Å². The van der Waals surface area contributed by atoms with Crippen LogP contribution < -0.4 is 5.32 Å². The summed E-state index contributed by atoms with van der Waals surface area (Å²) in [4.78, 5) is 0. The highest BCUT2D eigenvalue weighted by Gasteiger charge is 2.25. The minimum absolute atomic E-state index is 0.355. The van der Waals surface area contributed by atoms with E-state index in [1.807, 2.05) is 6.08 Å². The number of rotatable bonds is 5. The molecule has 0 amide bonds. The summed E-state index contributed by atoms with van der Waals surface area (Å²) in [6, 6.07) is 0.561. The van der Waals surface area contributed by atoms with E-state index in [9.17, 15) is 0 Å². The molecule has 0 saturated heterocycles. The number of allylic oxidation sites excluding steroid dienone is 2. The minimum Gasteiger partial charge on any atom is -0.309 e. The topological polar surface area (TPSA) is 12.0 Å². The molecule has 1 saturated carbocycles. The van der Waals surface area contributed by atoms with Crippen LogP contribution in [0.1, 0.15) is 72.1 Å². The largest absolute Gasteiger partial charge is 0.309 e. The third kappa shape index (κ3) is 5.86. The third-order valence-electron chi connectivity index (χ3n) is 4.08. The van der Waals surface area contributed by atoms with Gasteiger partial charge in [-0.25, -0.2) is 0 Å². The predicted octanol–water partition coefficient (Wildman–Crippen LogP) is 4.99. The zero-order chi connectivity index (χ0) is 13.4. The van der Waals surface area contributed by atoms with Crippen LogP contribution in [-0.2, 0) is 0 Å². The molecule has 104 valence electrons. The fourth-order valence-corrected chi connectivity index (χ4v) is 3.23. The first-order chi connectivity index (χ1) is 8.56. The molecule has 1 nitrogen and oxygen atoms in total. The molecular weight excluding hydrogens is 218 g/mol. The third-order valence-corrected chi connectivity index (χ3v) is 4.08. The Morgan fingerprint density at radius 1 is 1.22 bits per heavy atom. The van der Waals surface area contributed by atoms with E-state index < -0.39 is 0 Å². The van der Waals surface area contributed by atoms with Gasteiger partial charge in [0.05, 0.1) is 0 Å². The summed E-state index contributed by atoms with van der Waals surface area (Å²) in [6.45, 7) is 10.7. The van der Waals surface area contributed by atoms with Gasteiger partial charge in [0.1, 0.15) is 0 Å². The Morgan fingerprint density at radius 2 is 1.78 bits per heavy atom. The molecule has 1 heteroatoms. The molecule has 0 spiro atoms. The molecule has 0 aliphatic heterocycles. The maximum Gasteiger partial charge on any atom is 0.0155 e. The molecule has 1 aliphatic carbocycles. The second-order valence-corrected chi connectivity index (χ2v) is 6.33. The second-order valence-electron chi connectivity index (χ2n) is 6.33. The highest BCUT2D eigenvalue weighted by Crippen LogP contribution is 2.26. The van der Waals surface area contributed by atoms with Crippen LogP contribution >= 0.6 is 0 Å². The number of hydrogen-bond acceptors (Lipinski definition) is 1. The molecule has 1 aliphatic rings. The van der Waals surface area contributed by atoms with Crippen molar-refractivity contribution in [3.63, 3.8) is 0 Å². The number of hydrogen-bond donors (Lipinski definition) is 1. The Kier molecular flexibility index (Phi) is 6.70. The van der Waals surface area contributed by atoms with Crippen LogP contribution in [0.3, 0.4) is 0 Å². The van der Waals surface area contributed by atoms with Crippen molar-refractivity contribution in [1.29, 1.82) is 0 Å². The average Bonchev–Trinajstić information content (AvgIpc) is 2.24. The van der Waals surface area contributed by atoms with Gasteiger partial charge < -0.3 is 5.32 Å². The first-order valence-corrected chi connectivity index (χ1v) is 7.62. The van der Waals surface area contributed by atoms with Gasteiger partial charge in [-0.05, 0) is 40.0 Å². The first-order valence-electron chi connectivity index (χ1n) is 7.62. The Balaban J connectivity index is 2.46. The van der Waals surface area contributed by atoms with Crippen molar-refractivity contribution in [2.75, 3.05) is 0 Å². The van der Waals surface area contributed by atoms with Crippen LogP contribution in [-0.4, -0.2) is 11.6 Å². The van der Waals surface area contributed by atoms with Crippen molar-refractivity contribution in [2.45, 2.75) is 83.7 Å². The van der Waals surface area contributed by atoms with E-state index in [0.717, 1.165) is 6.42 Å². The lowest BCUT2D eigenvalue weighted by atomic mass is 9.84. The second kappa shape index (κ2) is 7.78. The summed E-state index contributed by atoms with van der Waals surface area (Å²) >= 11 is 0. The quantitative estimate of drug-likeness (QED) is 0.677. The van der Waals surface area contributed by atoms with Crippen LogP contribution in [0.2, 0.25) is 0 Å². The Morgan fingerprint density at radius 3 is 2.33 bits per heavy atom. The van der Waals surface area contributed by atoms with E-state index in [0.29, 0.717) is 11.6 Å². The molecule has 0 aromatic rings. The predicted molar refractivity (Wildman–Crippen MR) is 81.9 cm³/mol. The zero-order valence-corrected chi connectivity index (χ0v) is 12.6. The molecule has 0 aromatic carbocycles. The summed E-state index contributed by atoms with van der Waals surface area (Å²) in [6.07, 6.45) is 14.9. The molecule has 0 radical (unpaired) electrons. The van der Waals surface area contributed by atoms with Gasteiger partial charge >= 0.3 is 0 Å². The van der Waals surface area contributed by atoms with Crippen LogP contribution in [0.4, 0.5) is 0 Å². The van der Waals surface area contributed by atoms with E-state index in [1.165, 1.54) is 50.5 Å². The molecule has 18 heavy (non-hydrogen) atoms. The van der Waals surface area contributed by atoms with Gasteiger partial charge in [-0.2, -0.15) is 0 Å². The van der Waals surface area contributed by atoms with Crippen LogP contribution in [0.15, 0.2) is 24.3 Å². The fourth-order valence-electron chi connectivity index (χ4n) is 3.23. The van der Waals surface area contributed by atoms with Crippen molar-refractivity contribution in [3.8, 4) is 0 Å². The monoisotopic (exact) mass is 249 g/mol. The van der Waals surface area contributed by atoms with Crippen LogP contribution in [0.25, 0.3) is 0 Å². The molecule has 0 heterocycles. The van der Waals surface area contributed by atoms with E-state index >= 15 is 0 Å². The maximum atomic E-state index is 3.88. The van der Waals surface area contributed by atoms with Crippen LogP contribution in [0, 0.1) is 0 Å². The van der Waals surface area contributed by atoms with Crippen molar-refractivity contribution >= 4 is 0 Å². The molecule has 1 fully saturated rings. The molecule has 0 bridgehead atoms. The van der Waals surface area contributed by atoms with Gasteiger partial charge in [0.25, 0.3) is 0 Å². The average molecular weight is 249 g/mol. The highest BCUT2D eigenvalue weighted by atomic mass is 15.0. The summed E-state index contributed by atoms with van der Waals surface area (Å²) < 4.78 is 0. The van der Waals surface area contributed by atoms with Crippen molar-refractivity contribution in [1.82, 2.24) is 5.32 Å². The van der Waals surface area contributed by atoms with Gasteiger partial charge in [0.15, 0.2) is 0 Å². The standard InChI is InChI=1S/C17H31N/c1-5-11-15(2)14-16(3)18-17(4)12-9-7-6-8-10-13-17/h5,11,16,18H,1,6-10,12-14H2,2-4H3/b15-11+. The van der Waals surface area contributed by atoms with Crippen molar-refractivity contribution in [2.24, 2.45) is 0 Å². The molecular formula is C17H31N. The summed E-state index contributed by atoms with van der Waals surface area (Å²) in [5.74, 6) is 0. The lowest BCUT2D eigenvalue weighted by Gasteiger charge is -2.36. The van der Waals surface area contributed by atoms with Gasteiger partial charge in [0.2, 0.25) is 0 Å².